The van der Waals surface area contributed by atoms with E-state index in [1.54, 1.807) is 0 Å². The van der Waals surface area contributed by atoms with Gasteiger partial charge in [-0.3, -0.25) is 0 Å². The first-order valence-electron chi connectivity index (χ1n) is 1.31. The molecule has 0 aromatic rings. The average molecular weight is 121 g/mol. The highest BCUT2D eigenvalue weighted by atomic mass is 33.1. The number of rotatable bonds is 0. The molecular formula is CH3N3S2. The third-order valence-corrected chi connectivity index (χ3v) is 1.82. The molecule has 3 nitrogen and oxygen atoms in total. The highest BCUT2D eigenvalue weighted by molar-refractivity contribution is 8.82. The molecule has 1 aliphatic rings. The molecule has 6 heavy (non-hydrogen) atoms. The van der Waals surface area contributed by atoms with Gasteiger partial charge in [-0.15, -0.1) is 5.10 Å². The maximum absolute atomic E-state index is 5.16. The van der Waals surface area contributed by atoms with Crippen LogP contribution in [0.2, 0.25) is 0 Å². The lowest BCUT2D eigenvalue weighted by atomic mass is 11.4. The number of nitrogens with zero attached hydrogens (tertiary/aromatic N) is 1. The van der Waals surface area contributed by atoms with Crippen LogP contribution in [0.25, 0.3) is 0 Å². The van der Waals surface area contributed by atoms with Gasteiger partial charge in [-0.25, -0.2) is 4.83 Å². The summed E-state index contributed by atoms with van der Waals surface area (Å²) >= 11 is 0. The van der Waals surface area contributed by atoms with Gasteiger partial charge in [0.05, 0.1) is 0 Å². The van der Waals surface area contributed by atoms with Crippen molar-refractivity contribution in [3.63, 3.8) is 0 Å². The summed E-state index contributed by atoms with van der Waals surface area (Å²) in [6.07, 6.45) is 0. The Hall–Kier alpha value is -0.0300. The number of amidine groups is 1. The molecule has 5 heteroatoms. The minimum atomic E-state index is 0.597. The molecule has 0 atom stereocenters. The van der Waals surface area contributed by atoms with Gasteiger partial charge in [-0.05, 0) is 0 Å². The van der Waals surface area contributed by atoms with E-state index in [1.165, 1.54) is 21.8 Å². The van der Waals surface area contributed by atoms with Gasteiger partial charge in [0, 0.05) is 21.8 Å². The maximum atomic E-state index is 5.16. The van der Waals surface area contributed by atoms with Crippen molar-refractivity contribution in [2.45, 2.75) is 0 Å². The lowest BCUT2D eigenvalue weighted by molar-refractivity contribution is 1.13. The summed E-state index contributed by atoms with van der Waals surface area (Å²) in [6.45, 7) is 0. The summed E-state index contributed by atoms with van der Waals surface area (Å²) in [4.78, 5) is 2.61. The lowest BCUT2D eigenvalue weighted by Crippen LogP contribution is -2.01. The molecule has 34 valence electrons. The minimum absolute atomic E-state index is 0.597. The quantitative estimate of drug-likeness (QED) is 0.353. The summed E-state index contributed by atoms with van der Waals surface area (Å²) in [6, 6.07) is 0. The Morgan fingerprint density at radius 2 is 2.67 bits per heavy atom. The molecule has 1 aliphatic heterocycles. The molecule has 0 radical (unpaired) electrons. The first-order chi connectivity index (χ1) is 2.89. The van der Waals surface area contributed by atoms with Gasteiger partial charge in [0.15, 0.2) is 5.17 Å². The van der Waals surface area contributed by atoms with Gasteiger partial charge in [-0.1, -0.05) is 0 Å². The van der Waals surface area contributed by atoms with Gasteiger partial charge in [0.1, 0.15) is 0 Å². The van der Waals surface area contributed by atoms with Crippen molar-refractivity contribution in [2.24, 2.45) is 10.8 Å². The van der Waals surface area contributed by atoms with Crippen LogP contribution in [0.5, 0.6) is 0 Å². The van der Waals surface area contributed by atoms with Gasteiger partial charge < -0.3 is 5.73 Å². The van der Waals surface area contributed by atoms with Crippen LogP contribution in [0.4, 0.5) is 0 Å². The standard InChI is InChI=1S/CH3N3S2/c2-1-3-4-6-5-1/h4H,(H2,2,3). The van der Waals surface area contributed by atoms with Crippen LogP contribution in [-0.2, 0) is 0 Å². The maximum Gasteiger partial charge on any atom is 0.191 e. The van der Waals surface area contributed by atoms with Crippen LogP contribution in [0.15, 0.2) is 5.10 Å². The van der Waals surface area contributed by atoms with E-state index in [-0.39, 0.29) is 0 Å². The molecule has 1 rings (SSSR count). The number of hydrogen-bond donors (Lipinski definition) is 2. The van der Waals surface area contributed by atoms with Crippen molar-refractivity contribution < 1.29 is 0 Å². The Labute approximate surface area is 43.3 Å². The van der Waals surface area contributed by atoms with Gasteiger partial charge >= 0.3 is 0 Å². The summed E-state index contributed by atoms with van der Waals surface area (Å²) in [5.74, 6) is 0. The lowest BCUT2D eigenvalue weighted by Gasteiger charge is -1.73. The van der Waals surface area contributed by atoms with E-state index in [4.69, 9.17) is 5.73 Å². The molecule has 0 aromatic heterocycles. The monoisotopic (exact) mass is 121 g/mol. The smallest absolute Gasteiger partial charge is 0.191 e. The Bertz CT molecular complexity index is 78.9. The largest absolute Gasteiger partial charge is 0.376 e. The zero-order valence-electron chi connectivity index (χ0n) is 2.84. The normalized spacial score (nSPS) is 19.7. The van der Waals surface area contributed by atoms with Crippen molar-refractivity contribution in [1.29, 1.82) is 0 Å². The van der Waals surface area contributed by atoms with Crippen molar-refractivity contribution in [3.05, 3.63) is 0 Å². The van der Waals surface area contributed by atoms with Crippen LogP contribution in [-0.4, -0.2) is 5.17 Å². The fraction of sp³-hybridized carbons (Fsp3) is 0. The second-order valence-corrected chi connectivity index (χ2v) is 2.64. The molecular weight excluding hydrogens is 118 g/mol. The SMILES string of the molecule is NC1=NNSS1. The van der Waals surface area contributed by atoms with E-state index in [2.05, 4.69) is 9.93 Å². The number of hydrazone groups is 1. The van der Waals surface area contributed by atoms with E-state index < -0.39 is 0 Å². The Kier molecular flexibility index (Phi) is 1.11. The van der Waals surface area contributed by atoms with E-state index in [0.29, 0.717) is 5.17 Å². The van der Waals surface area contributed by atoms with Gasteiger partial charge in [0.25, 0.3) is 0 Å². The molecule has 0 saturated carbocycles. The summed E-state index contributed by atoms with van der Waals surface area (Å²) in [7, 11) is 2.85. The van der Waals surface area contributed by atoms with E-state index in [9.17, 15) is 0 Å². The van der Waals surface area contributed by atoms with Crippen LogP contribution in [0.3, 0.4) is 0 Å². The molecule has 1 heterocycles. The molecule has 0 unspecified atom stereocenters. The topological polar surface area (TPSA) is 50.4 Å². The van der Waals surface area contributed by atoms with Crippen LogP contribution < -0.4 is 10.6 Å². The fourth-order valence-corrected chi connectivity index (χ4v) is 1.13. The van der Waals surface area contributed by atoms with E-state index >= 15 is 0 Å². The first-order valence-corrected chi connectivity index (χ1v) is 3.46. The molecule has 3 N–H and O–H groups in total. The van der Waals surface area contributed by atoms with Crippen LogP contribution >= 0.6 is 21.8 Å². The van der Waals surface area contributed by atoms with Gasteiger partial charge in [0.2, 0.25) is 0 Å². The second-order valence-electron chi connectivity index (χ2n) is 0.708. The zero-order chi connectivity index (χ0) is 4.41. The van der Waals surface area contributed by atoms with E-state index in [1.807, 2.05) is 0 Å². The Balaban J connectivity index is 2.45. The second kappa shape index (κ2) is 1.61. The fourth-order valence-electron chi connectivity index (χ4n) is 0.144. The number of nitrogens with two attached hydrogens (primary N) is 1. The van der Waals surface area contributed by atoms with Crippen molar-refractivity contribution in [2.75, 3.05) is 0 Å². The van der Waals surface area contributed by atoms with Crippen molar-refractivity contribution in [1.82, 2.24) is 4.83 Å². The molecule has 0 spiro atoms. The number of nitrogens with one attached hydrogen (secondary N) is 1. The minimum Gasteiger partial charge on any atom is -0.376 e. The zero-order valence-corrected chi connectivity index (χ0v) is 4.47. The Morgan fingerprint density at radius 3 is 2.83 bits per heavy atom. The third-order valence-electron chi connectivity index (χ3n) is 0.320. The third kappa shape index (κ3) is 0.721. The molecule has 0 amide bonds. The predicted molar refractivity (Wildman–Crippen MR) is 29.9 cm³/mol. The Morgan fingerprint density at radius 1 is 1.83 bits per heavy atom. The summed E-state index contributed by atoms with van der Waals surface area (Å²) < 4.78 is 0. The van der Waals surface area contributed by atoms with Crippen LogP contribution in [0, 0.1) is 0 Å². The molecule has 0 bridgehead atoms. The number of hydrogen-bond acceptors (Lipinski definition) is 5. The van der Waals surface area contributed by atoms with E-state index in [0.717, 1.165) is 0 Å². The predicted octanol–water partition coefficient (Wildman–Crippen LogP) is 0.116. The highest BCUT2D eigenvalue weighted by Crippen LogP contribution is 2.21. The molecule has 0 aromatic carbocycles. The molecule has 0 fully saturated rings. The summed E-state index contributed by atoms with van der Waals surface area (Å²) in [5, 5.41) is 4.20. The van der Waals surface area contributed by atoms with Crippen molar-refractivity contribution >= 4 is 26.9 Å². The molecule has 0 aliphatic carbocycles. The first kappa shape index (κ1) is 4.14. The molecule has 0 saturated heterocycles. The summed E-state index contributed by atoms with van der Waals surface area (Å²) in [5.41, 5.74) is 5.16. The van der Waals surface area contributed by atoms with Crippen molar-refractivity contribution in [3.8, 4) is 0 Å². The van der Waals surface area contributed by atoms with Gasteiger partial charge in [-0.2, -0.15) is 0 Å². The average Bonchev–Trinajstić information content (AvgIpc) is 1.86. The highest BCUT2D eigenvalue weighted by Gasteiger charge is 1.98. The van der Waals surface area contributed by atoms with Crippen LogP contribution in [0.1, 0.15) is 0 Å².